The lowest BCUT2D eigenvalue weighted by atomic mass is 9.97. The first-order valence-electron chi connectivity index (χ1n) is 6.48. The van der Waals surface area contributed by atoms with Crippen LogP contribution in [0.1, 0.15) is 5.56 Å². The Morgan fingerprint density at radius 1 is 0.684 bits per heavy atom. The molecule has 0 aliphatic heterocycles. The Balaban J connectivity index is 2.13. The third-order valence-corrected chi connectivity index (χ3v) is 3.67. The fourth-order valence-corrected chi connectivity index (χ4v) is 2.75. The smallest absolute Gasteiger partial charge is 0.0243 e. The minimum absolute atomic E-state index is 1.19. The van der Waals surface area contributed by atoms with Crippen molar-refractivity contribution in [3.63, 3.8) is 0 Å². The van der Waals surface area contributed by atoms with Crippen LogP contribution in [0.25, 0.3) is 22.1 Å². The van der Waals surface area contributed by atoms with Crippen LogP contribution in [-0.4, -0.2) is 0 Å². The topological polar surface area (TPSA) is 0 Å². The Morgan fingerprint density at radius 2 is 1.47 bits per heavy atom. The summed E-state index contributed by atoms with van der Waals surface area (Å²) in [6.45, 7) is 0. The van der Waals surface area contributed by atoms with Gasteiger partial charge in [-0.1, -0.05) is 60.7 Å². The molecule has 1 aliphatic carbocycles. The average molecular weight is 240 g/mol. The summed E-state index contributed by atoms with van der Waals surface area (Å²) in [5.74, 6) is 0. The maximum atomic E-state index is 3.35. The molecule has 3 aromatic carbocycles. The number of rotatable bonds is 1. The molecule has 0 aromatic heterocycles. The normalized spacial score (nSPS) is 12.5. The predicted molar refractivity (Wildman–Crippen MR) is 80.1 cm³/mol. The van der Waals surface area contributed by atoms with Gasteiger partial charge < -0.3 is 0 Å². The Kier molecular flexibility index (Phi) is 2.17. The molecule has 0 nitrogen and oxygen atoms in total. The molecule has 0 heteroatoms. The van der Waals surface area contributed by atoms with Crippen LogP contribution in [0.5, 0.6) is 0 Å². The van der Waals surface area contributed by atoms with Gasteiger partial charge in [0.2, 0.25) is 0 Å². The van der Waals surface area contributed by atoms with Crippen LogP contribution < -0.4 is 10.4 Å². The highest BCUT2D eigenvalue weighted by Crippen LogP contribution is 2.24. The molecule has 0 radical (unpaired) electrons. The van der Waals surface area contributed by atoms with Gasteiger partial charge in [-0.25, -0.2) is 0 Å². The van der Waals surface area contributed by atoms with E-state index in [9.17, 15) is 0 Å². The first-order chi connectivity index (χ1) is 9.43. The SMILES string of the molecule is C1=CC(c2cccc3ccccc23)=c2ccccc2=1. The lowest BCUT2D eigenvalue weighted by Gasteiger charge is -2.06. The molecule has 0 spiro atoms. The van der Waals surface area contributed by atoms with E-state index in [-0.39, 0.29) is 0 Å². The third kappa shape index (κ3) is 1.55. The first-order valence-corrected chi connectivity index (χ1v) is 6.48. The van der Waals surface area contributed by atoms with Gasteiger partial charge in [-0.3, -0.25) is 0 Å². The van der Waals surface area contributed by atoms with Crippen molar-refractivity contribution in [2.45, 2.75) is 0 Å². The molecule has 0 amide bonds. The molecule has 1 aliphatic rings. The second kappa shape index (κ2) is 3.98. The number of allylic oxidation sites excluding steroid dienone is 1. The van der Waals surface area contributed by atoms with Crippen molar-refractivity contribution in [2.24, 2.45) is 0 Å². The molecule has 88 valence electrons. The molecule has 0 N–H and O–H groups in total. The summed E-state index contributed by atoms with van der Waals surface area (Å²) < 4.78 is 0. The van der Waals surface area contributed by atoms with Gasteiger partial charge in [0.1, 0.15) is 0 Å². The van der Waals surface area contributed by atoms with E-state index in [4.69, 9.17) is 0 Å². The quantitative estimate of drug-likeness (QED) is 0.613. The van der Waals surface area contributed by atoms with Crippen LogP contribution in [0, 0.1) is 0 Å². The Morgan fingerprint density at radius 3 is 2.47 bits per heavy atom. The summed E-state index contributed by atoms with van der Waals surface area (Å²) in [4.78, 5) is 0. The van der Waals surface area contributed by atoms with Gasteiger partial charge >= 0.3 is 0 Å². The number of fused-ring (bicyclic) bond motifs is 2. The van der Waals surface area contributed by atoms with Crippen LogP contribution in [0.15, 0.2) is 72.8 Å². The summed E-state index contributed by atoms with van der Waals surface area (Å²) in [6, 6.07) is 23.4. The number of hydrogen-bond acceptors (Lipinski definition) is 0. The van der Waals surface area contributed by atoms with Crippen molar-refractivity contribution >= 4 is 22.1 Å². The van der Waals surface area contributed by atoms with Crippen molar-refractivity contribution < 1.29 is 0 Å². The van der Waals surface area contributed by atoms with Gasteiger partial charge in [0, 0.05) is 5.22 Å². The molecule has 4 rings (SSSR count). The molecular weight excluding hydrogens is 228 g/mol. The third-order valence-electron chi connectivity index (χ3n) is 3.67. The molecule has 0 saturated carbocycles. The fraction of sp³-hybridized carbons (Fsp3) is 0. The van der Waals surface area contributed by atoms with Gasteiger partial charge in [0.25, 0.3) is 0 Å². The number of benzene rings is 3. The lowest BCUT2D eigenvalue weighted by Crippen LogP contribution is -2.22. The first kappa shape index (κ1) is 10.4. The minimum Gasteiger partial charge on any atom is -0.112 e. The molecule has 0 bridgehead atoms. The van der Waals surface area contributed by atoms with Gasteiger partial charge in [-0.15, -0.1) is 5.73 Å². The highest BCUT2D eigenvalue weighted by atomic mass is 14.1. The van der Waals surface area contributed by atoms with E-state index >= 15 is 0 Å². The molecule has 19 heavy (non-hydrogen) atoms. The summed E-state index contributed by atoms with van der Waals surface area (Å²) in [5, 5.41) is 5.05. The van der Waals surface area contributed by atoms with Gasteiger partial charge in [-0.2, -0.15) is 0 Å². The van der Waals surface area contributed by atoms with Crippen molar-refractivity contribution in [1.29, 1.82) is 0 Å². The lowest BCUT2D eigenvalue weighted by molar-refractivity contribution is 1.51. The Hall–Kier alpha value is -2.56. The maximum Gasteiger partial charge on any atom is 0.0243 e. The zero-order valence-corrected chi connectivity index (χ0v) is 10.4. The fourth-order valence-electron chi connectivity index (χ4n) is 2.75. The van der Waals surface area contributed by atoms with E-state index in [0.717, 1.165) is 0 Å². The monoisotopic (exact) mass is 240 g/mol. The summed E-state index contributed by atoms with van der Waals surface area (Å²) in [5.41, 5.74) is 5.91. The Bertz CT molecular complexity index is 934. The summed E-state index contributed by atoms with van der Waals surface area (Å²) >= 11 is 0. The van der Waals surface area contributed by atoms with Gasteiger partial charge in [0.15, 0.2) is 0 Å². The molecule has 0 saturated heterocycles. The molecule has 0 fully saturated rings. The second-order valence-electron chi connectivity index (χ2n) is 4.77. The second-order valence-corrected chi connectivity index (χ2v) is 4.77. The van der Waals surface area contributed by atoms with Crippen LogP contribution >= 0.6 is 0 Å². The summed E-state index contributed by atoms with van der Waals surface area (Å²) in [7, 11) is 0. The molecule has 3 aromatic rings. The number of hydrogen-bond donors (Lipinski definition) is 0. The zero-order valence-electron chi connectivity index (χ0n) is 10.4. The highest BCUT2D eigenvalue weighted by molar-refractivity contribution is 5.96. The van der Waals surface area contributed by atoms with E-state index in [1.807, 2.05) is 0 Å². The Labute approximate surface area is 111 Å². The van der Waals surface area contributed by atoms with Crippen molar-refractivity contribution in [2.75, 3.05) is 0 Å². The largest absolute Gasteiger partial charge is 0.112 e. The van der Waals surface area contributed by atoms with Gasteiger partial charge in [0.05, 0.1) is 0 Å². The van der Waals surface area contributed by atoms with Crippen molar-refractivity contribution in [3.8, 4) is 0 Å². The van der Waals surface area contributed by atoms with E-state index in [1.54, 1.807) is 0 Å². The van der Waals surface area contributed by atoms with E-state index in [1.165, 1.54) is 32.3 Å². The molecule has 0 atom stereocenters. The average Bonchev–Trinajstić information content (AvgIpc) is 2.90. The zero-order chi connectivity index (χ0) is 12.7. The van der Waals surface area contributed by atoms with Crippen LogP contribution in [0.4, 0.5) is 0 Å². The maximum absolute atomic E-state index is 3.35. The van der Waals surface area contributed by atoms with E-state index in [0.29, 0.717) is 0 Å². The van der Waals surface area contributed by atoms with Crippen molar-refractivity contribution in [1.82, 2.24) is 0 Å². The van der Waals surface area contributed by atoms with E-state index in [2.05, 4.69) is 78.5 Å². The summed E-state index contributed by atoms with van der Waals surface area (Å²) in [6.07, 6.45) is 2.10. The van der Waals surface area contributed by atoms with Crippen molar-refractivity contribution in [3.05, 3.63) is 88.8 Å². The molecule has 0 heterocycles. The highest BCUT2D eigenvalue weighted by Gasteiger charge is 2.07. The van der Waals surface area contributed by atoms with Crippen LogP contribution in [0.2, 0.25) is 0 Å². The van der Waals surface area contributed by atoms with Gasteiger partial charge in [-0.05, 0) is 39.3 Å². The predicted octanol–water partition coefficient (Wildman–Crippen LogP) is 2.99. The van der Waals surface area contributed by atoms with Crippen LogP contribution in [-0.2, 0) is 0 Å². The minimum atomic E-state index is 1.19. The molecule has 0 unspecified atom stereocenters. The standard InChI is InChI=1S/C19H12/c1-3-9-16-14(6-1)8-5-11-18(16)19-13-12-15-7-2-4-10-17(15)19/h1-11,13H. The van der Waals surface area contributed by atoms with Crippen LogP contribution in [0.3, 0.4) is 0 Å². The van der Waals surface area contributed by atoms with E-state index < -0.39 is 0 Å². The molecular formula is C19H12.